The van der Waals surface area contributed by atoms with Gasteiger partial charge in [0.25, 0.3) is 0 Å². The quantitative estimate of drug-likeness (QED) is 0.828. The van der Waals surface area contributed by atoms with E-state index in [0.717, 1.165) is 33.4 Å². The van der Waals surface area contributed by atoms with Crippen molar-refractivity contribution >= 4 is 10.8 Å². The highest BCUT2D eigenvalue weighted by Crippen LogP contribution is 2.40. The molecule has 0 unspecified atom stereocenters. The fraction of sp³-hybridized carbons (Fsp3) is 0.267. The molecule has 0 saturated carbocycles. The van der Waals surface area contributed by atoms with Crippen LogP contribution in [0.25, 0.3) is 10.8 Å². The first-order chi connectivity index (χ1) is 8.74. The minimum atomic E-state index is 0.316. The van der Waals surface area contributed by atoms with E-state index in [4.69, 9.17) is 14.7 Å². The van der Waals surface area contributed by atoms with E-state index < -0.39 is 0 Å². The van der Waals surface area contributed by atoms with Crippen LogP contribution in [-0.2, 0) is 6.42 Å². The number of benzene rings is 2. The molecule has 0 spiro atoms. The molecule has 0 atom stereocenters. The van der Waals surface area contributed by atoms with Crippen molar-refractivity contribution in [3.05, 3.63) is 35.4 Å². The number of nitrogens with zero attached hydrogens (tertiary/aromatic N) is 1. The number of fused-ring (bicyclic) bond motifs is 1. The van der Waals surface area contributed by atoms with Crippen LogP contribution in [0, 0.1) is 18.3 Å². The summed E-state index contributed by atoms with van der Waals surface area (Å²) in [5, 5.41) is 10.9. The van der Waals surface area contributed by atoms with Crippen molar-refractivity contribution in [2.45, 2.75) is 13.3 Å². The normalized spacial score (nSPS) is 10.1. The topological polar surface area (TPSA) is 42.2 Å². The van der Waals surface area contributed by atoms with Gasteiger partial charge in [0, 0.05) is 16.3 Å². The summed E-state index contributed by atoms with van der Waals surface area (Å²) in [6.07, 6.45) is 0.316. The minimum Gasteiger partial charge on any atom is -0.496 e. The minimum absolute atomic E-state index is 0.316. The Labute approximate surface area is 107 Å². The maximum atomic E-state index is 8.95. The Balaban J connectivity index is 2.91. The van der Waals surface area contributed by atoms with Crippen LogP contribution < -0.4 is 9.47 Å². The Hall–Kier alpha value is -2.21. The molecule has 0 radical (unpaired) electrons. The smallest absolute Gasteiger partial charge is 0.131 e. The molecule has 0 saturated heterocycles. The zero-order valence-corrected chi connectivity index (χ0v) is 10.8. The highest BCUT2D eigenvalue weighted by Gasteiger charge is 2.17. The number of hydrogen-bond donors (Lipinski definition) is 0. The fourth-order valence-electron chi connectivity index (χ4n) is 2.34. The van der Waals surface area contributed by atoms with E-state index in [9.17, 15) is 0 Å². The van der Waals surface area contributed by atoms with Gasteiger partial charge in [0.1, 0.15) is 11.5 Å². The van der Waals surface area contributed by atoms with Crippen molar-refractivity contribution in [2.75, 3.05) is 14.2 Å². The first-order valence-electron chi connectivity index (χ1n) is 5.73. The lowest BCUT2D eigenvalue weighted by Crippen LogP contribution is -2.00. The van der Waals surface area contributed by atoms with E-state index in [1.165, 1.54) is 0 Å². The van der Waals surface area contributed by atoms with Gasteiger partial charge in [-0.1, -0.05) is 24.3 Å². The van der Waals surface area contributed by atoms with Crippen LogP contribution in [0.1, 0.15) is 11.1 Å². The van der Waals surface area contributed by atoms with E-state index in [1.54, 1.807) is 14.2 Å². The van der Waals surface area contributed by atoms with Gasteiger partial charge in [-0.15, -0.1) is 0 Å². The van der Waals surface area contributed by atoms with Crippen LogP contribution in [0.5, 0.6) is 11.5 Å². The molecule has 2 aromatic rings. The molecule has 3 nitrogen and oxygen atoms in total. The van der Waals surface area contributed by atoms with Gasteiger partial charge in [-0.05, 0) is 12.5 Å². The second kappa shape index (κ2) is 4.97. The average molecular weight is 241 g/mol. The third kappa shape index (κ3) is 1.76. The molecule has 0 aliphatic heterocycles. The summed E-state index contributed by atoms with van der Waals surface area (Å²) in [5.74, 6) is 1.59. The van der Waals surface area contributed by atoms with Crippen molar-refractivity contribution in [3.8, 4) is 17.6 Å². The van der Waals surface area contributed by atoms with Crippen LogP contribution in [0.15, 0.2) is 24.3 Å². The summed E-state index contributed by atoms with van der Waals surface area (Å²) < 4.78 is 11.0. The summed E-state index contributed by atoms with van der Waals surface area (Å²) in [5.41, 5.74) is 1.87. The Morgan fingerprint density at radius 2 is 1.61 bits per heavy atom. The van der Waals surface area contributed by atoms with Gasteiger partial charge in [-0.25, -0.2) is 0 Å². The van der Waals surface area contributed by atoms with E-state index in [2.05, 4.69) is 6.07 Å². The predicted molar refractivity (Wildman–Crippen MR) is 71.1 cm³/mol. The summed E-state index contributed by atoms with van der Waals surface area (Å²) in [6, 6.07) is 10.1. The molecule has 2 aromatic carbocycles. The number of nitriles is 1. The first kappa shape index (κ1) is 12.3. The number of methoxy groups -OCH3 is 2. The van der Waals surface area contributed by atoms with Crippen molar-refractivity contribution in [1.29, 1.82) is 5.26 Å². The number of rotatable bonds is 3. The van der Waals surface area contributed by atoms with Gasteiger partial charge in [0.15, 0.2) is 0 Å². The second-order valence-electron chi connectivity index (χ2n) is 4.05. The lowest BCUT2D eigenvalue weighted by Gasteiger charge is -2.17. The molecule has 0 aliphatic carbocycles. The SMILES string of the molecule is COc1c(C)c(CC#N)c(OC)c2ccccc12. The van der Waals surface area contributed by atoms with Crippen molar-refractivity contribution in [3.63, 3.8) is 0 Å². The lowest BCUT2D eigenvalue weighted by molar-refractivity contribution is 0.404. The molecule has 2 rings (SSSR count). The molecule has 3 heteroatoms. The number of hydrogen-bond acceptors (Lipinski definition) is 3. The summed E-state index contributed by atoms with van der Waals surface area (Å²) in [7, 11) is 3.28. The van der Waals surface area contributed by atoms with Crippen LogP contribution in [0.3, 0.4) is 0 Å². The van der Waals surface area contributed by atoms with Crippen molar-refractivity contribution in [2.24, 2.45) is 0 Å². The zero-order chi connectivity index (χ0) is 13.1. The van der Waals surface area contributed by atoms with Crippen molar-refractivity contribution < 1.29 is 9.47 Å². The highest BCUT2D eigenvalue weighted by molar-refractivity contribution is 5.96. The number of ether oxygens (including phenoxy) is 2. The molecule has 0 aromatic heterocycles. The zero-order valence-electron chi connectivity index (χ0n) is 10.8. The van der Waals surface area contributed by atoms with Gasteiger partial charge in [0.2, 0.25) is 0 Å². The maximum absolute atomic E-state index is 8.95. The van der Waals surface area contributed by atoms with E-state index >= 15 is 0 Å². The van der Waals surface area contributed by atoms with Crippen LogP contribution in [0.2, 0.25) is 0 Å². The summed E-state index contributed by atoms with van der Waals surface area (Å²) in [4.78, 5) is 0. The fourth-order valence-corrected chi connectivity index (χ4v) is 2.34. The van der Waals surface area contributed by atoms with Gasteiger partial charge in [-0.2, -0.15) is 5.26 Å². The summed E-state index contributed by atoms with van der Waals surface area (Å²) >= 11 is 0. The Bertz CT molecular complexity index is 626. The van der Waals surface area contributed by atoms with Crippen LogP contribution in [-0.4, -0.2) is 14.2 Å². The summed E-state index contributed by atoms with van der Waals surface area (Å²) in [6.45, 7) is 1.96. The molecule has 0 N–H and O–H groups in total. The second-order valence-corrected chi connectivity index (χ2v) is 4.05. The lowest BCUT2D eigenvalue weighted by atomic mass is 9.97. The molecular weight excluding hydrogens is 226 g/mol. The molecular formula is C15H15NO2. The predicted octanol–water partition coefficient (Wildman–Crippen LogP) is 3.23. The Morgan fingerprint density at radius 1 is 1.06 bits per heavy atom. The van der Waals surface area contributed by atoms with Crippen LogP contribution in [0.4, 0.5) is 0 Å². The van der Waals surface area contributed by atoms with E-state index in [0.29, 0.717) is 6.42 Å². The molecule has 18 heavy (non-hydrogen) atoms. The maximum Gasteiger partial charge on any atom is 0.131 e. The van der Waals surface area contributed by atoms with Gasteiger partial charge in [-0.3, -0.25) is 0 Å². The van der Waals surface area contributed by atoms with Gasteiger partial charge >= 0.3 is 0 Å². The first-order valence-corrected chi connectivity index (χ1v) is 5.73. The Morgan fingerprint density at radius 3 is 2.11 bits per heavy atom. The molecule has 0 bridgehead atoms. The third-order valence-corrected chi connectivity index (χ3v) is 3.15. The molecule has 0 fully saturated rings. The standard InChI is InChI=1S/C15H15NO2/c1-10-11(8-9-16)15(18-3)13-7-5-4-6-12(13)14(10)17-2/h4-7H,8H2,1-3H3. The largest absolute Gasteiger partial charge is 0.496 e. The molecule has 92 valence electrons. The highest BCUT2D eigenvalue weighted by atomic mass is 16.5. The van der Waals surface area contributed by atoms with Crippen molar-refractivity contribution in [1.82, 2.24) is 0 Å². The van der Waals surface area contributed by atoms with Gasteiger partial charge in [0.05, 0.1) is 26.7 Å². The van der Waals surface area contributed by atoms with Gasteiger partial charge < -0.3 is 9.47 Å². The molecule has 0 aliphatic rings. The average Bonchev–Trinajstić information content (AvgIpc) is 2.40. The molecule has 0 amide bonds. The molecule has 0 heterocycles. The van der Waals surface area contributed by atoms with E-state index in [1.807, 2.05) is 31.2 Å². The Kier molecular flexibility index (Phi) is 3.38. The third-order valence-electron chi connectivity index (χ3n) is 3.15. The van der Waals surface area contributed by atoms with E-state index in [-0.39, 0.29) is 0 Å². The van der Waals surface area contributed by atoms with Crippen LogP contribution >= 0.6 is 0 Å². The monoisotopic (exact) mass is 241 g/mol.